The van der Waals surface area contributed by atoms with E-state index in [9.17, 15) is 0 Å². The number of benzene rings is 1. The van der Waals surface area contributed by atoms with Gasteiger partial charge in [0.05, 0.1) is 0 Å². The Bertz CT molecular complexity index is 333. The van der Waals surface area contributed by atoms with Crippen LogP contribution in [-0.2, 0) is 5.33 Å². The summed E-state index contributed by atoms with van der Waals surface area (Å²) < 4.78 is 0. The van der Waals surface area contributed by atoms with Crippen molar-refractivity contribution in [1.82, 2.24) is 4.90 Å². The molecule has 2 nitrogen and oxygen atoms in total. The standard InChI is InChI=1S/C16H27BrN2/c1-4-18(5-2)12-7-13-19(6-3)16-10-8-15(14-17)9-11-16/h8-11H,4-7,12-14H2,1-3H3. The second-order valence-corrected chi connectivity index (χ2v) is 5.32. The van der Waals surface area contributed by atoms with E-state index >= 15 is 0 Å². The summed E-state index contributed by atoms with van der Waals surface area (Å²) in [6.07, 6.45) is 1.23. The fraction of sp³-hybridized carbons (Fsp3) is 0.625. The van der Waals surface area contributed by atoms with Gasteiger partial charge in [-0.3, -0.25) is 0 Å². The SMILES string of the molecule is CCN(CC)CCCN(CC)c1ccc(CBr)cc1. The van der Waals surface area contributed by atoms with Crippen molar-refractivity contribution in [3.8, 4) is 0 Å². The van der Waals surface area contributed by atoms with Crippen LogP contribution in [0.3, 0.4) is 0 Å². The van der Waals surface area contributed by atoms with Crippen molar-refractivity contribution in [3.05, 3.63) is 29.8 Å². The van der Waals surface area contributed by atoms with Gasteiger partial charge in [0, 0.05) is 24.1 Å². The predicted octanol–water partition coefficient (Wildman–Crippen LogP) is 4.14. The predicted molar refractivity (Wildman–Crippen MR) is 89.4 cm³/mol. The first kappa shape index (κ1) is 16.5. The number of rotatable bonds is 9. The van der Waals surface area contributed by atoms with Crippen LogP contribution in [0.1, 0.15) is 32.8 Å². The molecular formula is C16H27BrN2. The molecule has 0 aromatic heterocycles. The molecule has 0 saturated carbocycles. The van der Waals surface area contributed by atoms with Crippen LogP contribution in [0.5, 0.6) is 0 Å². The van der Waals surface area contributed by atoms with Crippen molar-refractivity contribution in [2.75, 3.05) is 37.6 Å². The summed E-state index contributed by atoms with van der Waals surface area (Å²) in [4.78, 5) is 4.95. The van der Waals surface area contributed by atoms with Crippen LogP contribution in [-0.4, -0.2) is 37.6 Å². The van der Waals surface area contributed by atoms with Crippen LogP contribution in [0.2, 0.25) is 0 Å². The van der Waals surface area contributed by atoms with Gasteiger partial charge >= 0.3 is 0 Å². The molecule has 0 radical (unpaired) electrons. The van der Waals surface area contributed by atoms with Crippen LogP contribution in [0.15, 0.2) is 24.3 Å². The summed E-state index contributed by atoms with van der Waals surface area (Å²) >= 11 is 3.49. The average Bonchev–Trinajstić information content (AvgIpc) is 2.48. The van der Waals surface area contributed by atoms with Crippen molar-refractivity contribution in [3.63, 3.8) is 0 Å². The highest BCUT2D eigenvalue weighted by Gasteiger charge is 2.05. The van der Waals surface area contributed by atoms with Gasteiger partial charge in [-0.15, -0.1) is 0 Å². The van der Waals surface area contributed by atoms with E-state index in [4.69, 9.17) is 0 Å². The average molecular weight is 327 g/mol. The van der Waals surface area contributed by atoms with E-state index in [1.807, 2.05) is 0 Å². The largest absolute Gasteiger partial charge is 0.372 e. The molecule has 108 valence electrons. The summed E-state index contributed by atoms with van der Waals surface area (Å²) in [5.74, 6) is 0. The van der Waals surface area contributed by atoms with Crippen molar-refractivity contribution in [2.24, 2.45) is 0 Å². The zero-order valence-electron chi connectivity index (χ0n) is 12.5. The minimum absolute atomic E-state index is 0.932. The lowest BCUT2D eigenvalue weighted by atomic mass is 10.2. The van der Waals surface area contributed by atoms with Crippen LogP contribution in [0, 0.1) is 0 Å². The molecule has 0 bridgehead atoms. The van der Waals surface area contributed by atoms with Gasteiger partial charge in [-0.2, -0.15) is 0 Å². The molecule has 0 aliphatic heterocycles. The van der Waals surface area contributed by atoms with E-state index < -0.39 is 0 Å². The van der Waals surface area contributed by atoms with Crippen LogP contribution in [0.4, 0.5) is 5.69 Å². The molecule has 0 saturated heterocycles. The van der Waals surface area contributed by atoms with Gasteiger partial charge < -0.3 is 9.80 Å². The summed E-state index contributed by atoms with van der Waals surface area (Å²) in [5, 5.41) is 0.932. The monoisotopic (exact) mass is 326 g/mol. The molecule has 0 aliphatic rings. The molecule has 0 N–H and O–H groups in total. The highest BCUT2D eigenvalue weighted by atomic mass is 79.9. The molecule has 1 aromatic rings. The van der Waals surface area contributed by atoms with E-state index in [1.54, 1.807) is 0 Å². The van der Waals surface area contributed by atoms with E-state index in [0.717, 1.165) is 31.5 Å². The number of alkyl halides is 1. The molecule has 0 aliphatic carbocycles. The van der Waals surface area contributed by atoms with E-state index in [0.29, 0.717) is 0 Å². The number of hydrogen-bond donors (Lipinski definition) is 0. The zero-order chi connectivity index (χ0) is 14.1. The minimum atomic E-state index is 0.932. The minimum Gasteiger partial charge on any atom is -0.372 e. The maximum atomic E-state index is 3.49. The van der Waals surface area contributed by atoms with Gasteiger partial charge in [0.15, 0.2) is 0 Å². The van der Waals surface area contributed by atoms with Gasteiger partial charge in [0.25, 0.3) is 0 Å². The molecule has 0 unspecified atom stereocenters. The maximum absolute atomic E-state index is 3.49. The van der Waals surface area contributed by atoms with Crippen molar-refractivity contribution >= 4 is 21.6 Å². The topological polar surface area (TPSA) is 6.48 Å². The van der Waals surface area contributed by atoms with E-state index in [1.165, 1.54) is 24.2 Å². The van der Waals surface area contributed by atoms with Crippen molar-refractivity contribution in [2.45, 2.75) is 32.5 Å². The second kappa shape index (κ2) is 9.38. The maximum Gasteiger partial charge on any atom is 0.0366 e. The number of halogens is 1. The molecular weight excluding hydrogens is 300 g/mol. The fourth-order valence-corrected chi connectivity index (χ4v) is 2.66. The fourth-order valence-electron chi connectivity index (χ4n) is 2.29. The Morgan fingerprint density at radius 1 is 0.895 bits per heavy atom. The van der Waals surface area contributed by atoms with Gasteiger partial charge in [-0.05, 0) is 50.7 Å². The Kier molecular flexibility index (Phi) is 8.15. The van der Waals surface area contributed by atoms with Gasteiger partial charge in [0.1, 0.15) is 0 Å². The molecule has 3 heteroatoms. The molecule has 0 heterocycles. The lowest BCUT2D eigenvalue weighted by molar-refractivity contribution is 0.301. The third-order valence-corrected chi connectivity index (χ3v) is 4.28. The van der Waals surface area contributed by atoms with Crippen LogP contribution in [0.25, 0.3) is 0 Å². The molecule has 0 fully saturated rings. The molecule has 1 aromatic carbocycles. The quantitative estimate of drug-likeness (QED) is 0.629. The number of anilines is 1. The molecule has 0 atom stereocenters. The van der Waals surface area contributed by atoms with Crippen molar-refractivity contribution < 1.29 is 0 Å². The van der Waals surface area contributed by atoms with E-state index in [2.05, 4.69) is 70.8 Å². The first-order chi connectivity index (χ1) is 9.24. The lowest BCUT2D eigenvalue weighted by Crippen LogP contribution is -2.29. The summed E-state index contributed by atoms with van der Waals surface area (Å²) in [6.45, 7) is 12.4. The van der Waals surface area contributed by atoms with Gasteiger partial charge in [0.2, 0.25) is 0 Å². The third-order valence-electron chi connectivity index (χ3n) is 3.63. The van der Waals surface area contributed by atoms with Crippen LogP contribution >= 0.6 is 15.9 Å². The van der Waals surface area contributed by atoms with Crippen molar-refractivity contribution in [1.29, 1.82) is 0 Å². The third kappa shape index (κ3) is 5.53. The normalized spacial score (nSPS) is 11.0. The molecule has 19 heavy (non-hydrogen) atoms. The lowest BCUT2D eigenvalue weighted by Gasteiger charge is -2.25. The molecule has 0 spiro atoms. The Morgan fingerprint density at radius 2 is 1.53 bits per heavy atom. The zero-order valence-corrected chi connectivity index (χ0v) is 14.1. The summed E-state index contributed by atoms with van der Waals surface area (Å²) in [7, 11) is 0. The highest BCUT2D eigenvalue weighted by Crippen LogP contribution is 2.16. The van der Waals surface area contributed by atoms with Gasteiger partial charge in [-0.25, -0.2) is 0 Å². The Hall–Kier alpha value is -0.540. The molecule has 1 rings (SSSR count). The molecule has 0 amide bonds. The Balaban J connectivity index is 2.48. The number of nitrogens with zero attached hydrogens (tertiary/aromatic N) is 2. The summed E-state index contributed by atoms with van der Waals surface area (Å²) in [5.41, 5.74) is 2.68. The smallest absolute Gasteiger partial charge is 0.0366 e. The first-order valence-electron chi connectivity index (χ1n) is 7.37. The number of hydrogen-bond acceptors (Lipinski definition) is 2. The highest BCUT2D eigenvalue weighted by molar-refractivity contribution is 9.08. The van der Waals surface area contributed by atoms with Crippen LogP contribution < -0.4 is 4.90 Å². The summed E-state index contributed by atoms with van der Waals surface area (Å²) in [6, 6.07) is 8.88. The van der Waals surface area contributed by atoms with E-state index in [-0.39, 0.29) is 0 Å². The van der Waals surface area contributed by atoms with Gasteiger partial charge in [-0.1, -0.05) is 41.9 Å². The Labute approximate surface area is 126 Å². The Morgan fingerprint density at radius 3 is 2.00 bits per heavy atom. The second-order valence-electron chi connectivity index (χ2n) is 4.76. The first-order valence-corrected chi connectivity index (χ1v) is 8.49.